The third-order valence-electron chi connectivity index (χ3n) is 16.2. The van der Waals surface area contributed by atoms with Gasteiger partial charge in [0.1, 0.15) is 47.3 Å². The number of hydrogen-bond donors (Lipinski definition) is 3. The molecule has 3 saturated heterocycles. The summed E-state index contributed by atoms with van der Waals surface area (Å²) in [6.45, 7) is 10.3. The first kappa shape index (κ1) is 44.1. The Balaban J connectivity index is 0.587. The number of amides is 3. The van der Waals surface area contributed by atoms with Crippen molar-refractivity contribution in [3.8, 4) is 22.8 Å². The molecule has 0 radical (unpaired) electrons. The summed E-state index contributed by atoms with van der Waals surface area (Å²) >= 11 is 0. The molecular weight excluding hydrogens is 887 g/mol. The fraction of sp³-hybridized carbons (Fsp3) is 0.580. The zero-order chi connectivity index (χ0) is 47.6. The van der Waals surface area contributed by atoms with Crippen molar-refractivity contribution in [2.24, 2.45) is 16.7 Å². The van der Waals surface area contributed by atoms with Crippen LogP contribution in [0, 0.1) is 28.4 Å². The number of piperidine rings is 2. The number of halogens is 2. The van der Waals surface area contributed by atoms with Crippen LogP contribution < -0.4 is 16.4 Å². The Hall–Kier alpha value is -6.11. The van der Waals surface area contributed by atoms with Gasteiger partial charge in [-0.15, -0.1) is 0 Å². The minimum absolute atomic E-state index is 0.0358. The van der Waals surface area contributed by atoms with E-state index in [-0.39, 0.29) is 76.3 Å². The van der Waals surface area contributed by atoms with Crippen LogP contribution in [0.1, 0.15) is 132 Å². The highest BCUT2D eigenvalue weighted by Gasteiger charge is 2.57. The molecule has 4 N–H and O–H groups in total. The number of carbonyl (C=O) groups excluding carboxylic acids is 3. The maximum atomic E-state index is 15.2. The molecular formula is C50H58F2N12O5. The van der Waals surface area contributed by atoms with Crippen molar-refractivity contribution < 1.29 is 32.4 Å². The number of imide groups is 1. The van der Waals surface area contributed by atoms with Gasteiger partial charge in [0.25, 0.3) is 0 Å². The Kier molecular flexibility index (Phi) is 10.4. The highest BCUT2D eigenvalue weighted by molar-refractivity contribution is 6.02. The van der Waals surface area contributed by atoms with E-state index in [9.17, 15) is 14.4 Å². The van der Waals surface area contributed by atoms with Crippen LogP contribution in [0.15, 0.2) is 35.4 Å². The quantitative estimate of drug-likeness (QED) is 0.117. The van der Waals surface area contributed by atoms with Gasteiger partial charge in [-0.05, 0) is 138 Å². The molecule has 2 spiro atoms. The number of benzene rings is 1. The van der Waals surface area contributed by atoms with E-state index in [1.807, 2.05) is 22.0 Å². The number of rotatable bonds is 10. The van der Waals surface area contributed by atoms with Gasteiger partial charge < -0.3 is 30.1 Å². The van der Waals surface area contributed by atoms with E-state index >= 15 is 8.78 Å². The largest absolute Gasteiger partial charge is 0.446 e. The Bertz CT molecular complexity index is 2830. The number of nitrogens with one attached hydrogen (secondary N) is 2. The van der Waals surface area contributed by atoms with Crippen molar-refractivity contribution in [3.63, 3.8) is 0 Å². The molecule has 1 aromatic carbocycles. The summed E-state index contributed by atoms with van der Waals surface area (Å²) in [5.41, 5.74) is 10.2. The predicted molar refractivity (Wildman–Crippen MR) is 248 cm³/mol. The van der Waals surface area contributed by atoms with Gasteiger partial charge in [-0.1, -0.05) is 5.16 Å². The number of fused-ring (bicyclic) bond motifs is 1. The summed E-state index contributed by atoms with van der Waals surface area (Å²) in [4.78, 5) is 59.8. The molecule has 19 heteroatoms. The standard InChI is InChI=1S/C50H58F2N12O5/c1-48(2,3)64-45-39(43(53)56-25-57-45)40(60-64)41-38(42(69-61-41)28-4-5-28)44-54-20-30(21-55-44)27-8-10-63(11-9-27)47(67)68-32-18-49(19-32)14-26(15-49)22-62-23-50(24-62)16-29(17-50)37-33(51)12-31(13-34(37)52)58-35-6-7-36(65)59-46(35)66/h12-13,20-21,25-29,32,35,58H,4-11,14-19,22-24H2,1-3H3,(H2,53,56,57)(H,59,65,66). The Labute approximate surface area is 397 Å². The molecule has 0 bridgehead atoms. The minimum Gasteiger partial charge on any atom is -0.446 e. The molecule has 7 fully saturated rings. The van der Waals surface area contributed by atoms with E-state index in [0.29, 0.717) is 53.1 Å². The van der Waals surface area contributed by atoms with Crippen molar-refractivity contribution in [2.75, 3.05) is 43.8 Å². The summed E-state index contributed by atoms with van der Waals surface area (Å²) in [5, 5.41) is 15.2. The highest BCUT2D eigenvalue weighted by Crippen LogP contribution is 2.62. The second-order valence-electron chi connectivity index (χ2n) is 22.5. The van der Waals surface area contributed by atoms with Crippen molar-refractivity contribution in [3.05, 3.63) is 59.4 Å². The van der Waals surface area contributed by atoms with Crippen molar-refractivity contribution in [2.45, 2.75) is 133 Å². The van der Waals surface area contributed by atoms with E-state index < -0.39 is 23.6 Å². The second-order valence-corrected chi connectivity index (χ2v) is 22.5. The molecule has 362 valence electrons. The molecule has 1 unspecified atom stereocenters. The normalized spacial score (nSPS) is 26.1. The van der Waals surface area contributed by atoms with E-state index in [2.05, 4.69) is 51.4 Å². The van der Waals surface area contributed by atoms with Crippen LogP contribution >= 0.6 is 0 Å². The SMILES string of the molecule is CC(C)(C)n1nc(-c2noc(C3CC3)c2-c2ncc(C3CCN(C(=O)OC4CC5(CC(CN6CC7(CC(c8c(F)cc(NC9CCC(=O)NC9=O)cc8F)C7)C6)C5)C4)CC3)cn2)c2c(N)ncnc21. The first-order valence-corrected chi connectivity index (χ1v) is 24.7. The van der Waals surface area contributed by atoms with Gasteiger partial charge >= 0.3 is 6.09 Å². The third-order valence-corrected chi connectivity index (χ3v) is 16.2. The lowest BCUT2D eigenvalue weighted by Crippen LogP contribution is -2.64. The molecule has 12 rings (SSSR count). The van der Waals surface area contributed by atoms with E-state index in [0.717, 1.165) is 101 Å². The van der Waals surface area contributed by atoms with Gasteiger partial charge in [-0.3, -0.25) is 14.9 Å². The summed E-state index contributed by atoms with van der Waals surface area (Å²) < 4.78 is 44.3. The lowest BCUT2D eigenvalue weighted by Gasteiger charge is -2.62. The van der Waals surface area contributed by atoms with Crippen LogP contribution in [-0.2, 0) is 19.9 Å². The van der Waals surface area contributed by atoms with Crippen molar-refractivity contribution in [1.29, 1.82) is 0 Å². The average Bonchev–Trinajstić information content (AvgIpc) is 3.88. The first-order chi connectivity index (χ1) is 33.1. The fourth-order valence-electron chi connectivity index (χ4n) is 12.8. The minimum atomic E-state index is -0.702. The molecule has 7 heterocycles. The molecule has 3 aliphatic heterocycles. The Morgan fingerprint density at radius 3 is 2.28 bits per heavy atom. The van der Waals surface area contributed by atoms with Crippen LogP contribution in [0.5, 0.6) is 0 Å². The van der Waals surface area contributed by atoms with Gasteiger partial charge in [0, 0.05) is 68.7 Å². The molecule has 3 amide bonds. The fourth-order valence-corrected chi connectivity index (χ4v) is 12.8. The molecule has 4 aromatic heterocycles. The third kappa shape index (κ3) is 7.97. The Morgan fingerprint density at radius 2 is 1.61 bits per heavy atom. The lowest BCUT2D eigenvalue weighted by molar-refractivity contribution is -0.140. The number of nitrogen functional groups attached to an aromatic ring is 1. The summed E-state index contributed by atoms with van der Waals surface area (Å²) in [6, 6.07) is 1.83. The molecule has 1 atom stereocenters. The number of anilines is 2. The van der Waals surface area contributed by atoms with Gasteiger partial charge in [0.15, 0.2) is 17.2 Å². The highest BCUT2D eigenvalue weighted by atomic mass is 19.1. The Morgan fingerprint density at radius 1 is 0.899 bits per heavy atom. The maximum Gasteiger partial charge on any atom is 0.410 e. The summed E-state index contributed by atoms with van der Waals surface area (Å²) in [5.74, 6) is 0.493. The average molecular weight is 945 g/mol. The molecule has 4 saturated carbocycles. The first-order valence-electron chi connectivity index (χ1n) is 24.7. The van der Waals surface area contributed by atoms with Gasteiger partial charge in [-0.2, -0.15) is 5.10 Å². The number of likely N-dealkylation sites (tertiary alicyclic amines) is 2. The van der Waals surface area contributed by atoms with Crippen molar-refractivity contribution in [1.82, 2.24) is 50.0 Å². The van der Waals surface area contributed by atoms with Crippen LogP contribution in [-0.4, -0.2) is 107 Å². The molecule has 5 aromatic rings. The number of aromatic nitrogens is 7. The number of ether oxygens (including phenoxy) is 1. The summed E-state index contributed by atoms with van der Waals surface area (Å²) in [7, 11) is 0. The number of nitrogens with two attached hydrogens (primary N) is 1. The zero-order valence-corrected chi connectivity index (χ0v) is 39.3. The van der Waals surface area contributed by atoms with E-state index in [4.69, 9.17) is 30.1 Å². The van der Waals surface area contributed by atoms with Gasteiger partial charge in [0.05, 0.1) is 16.5 Å². The molecule has 69 heavy (non-hydrogen) atoms. The maximum absolute atomic E-state index is 15.2. The topological polar surface area (TPSA) is 212 Å². The lowest BCUT2D eigenvalue weighted by atomic mass is 9.50. The van der Waals surface area contributed by atoms with Crippen LogP contribution in [0.2, 0.25) is 0 Å². The van der Waals surface area contributed by atoms with Gasteiger partial charge in [-0.25, -0.2) is 38.2 Å². The monoisotopic (exact) mass is 944 g/mol. The number of nitrogens with zero attached hydrogens (tertiary/aromatic N) is 9. The smallest absolute Gasteiger partial charge is 0.410 e. The zero-order valence-electron chi connectivity index (χ0n) is 39.3. The van der Waals surface area contributed by atoms with Crippen molar-refractivity contribution >= 4 is 40.4 Å². The predicted octanol–water partition coefficient (Wildman–Crippen LogP) is 7.40. The van der Waals surface area contributed by atoms with E-state index in [1.165, 1.54) is 18.5 Å². The molecule has 17 nitrogen and oxygen atoms in total. The van der Waals surface area contributed by atoms with Gasteiger partial charge in [0.2, 0.25) is 11.8 Å². The second kappa shape index (κ2) is 16.2. The summed E-state index contributed by atoms with van der Waals surface area (Å²) in [6.07, 6.45) is 14.7. The number of carbonyl (C=O) groups is 3. The number of hydrogen-bond acceptors (Lipinski definition) is 14. The molecule has 4 aliphatic carbocycles. The van der Waals surface area contributed by atoms with Crippen LogP contribution in [0.25, 0.3) is 33.8 Å². The molecule has 7 aliphatic rings. The van der Waals surface area contributed by atoms with Crippen LogP contribution in [0.3, 0.4) is 0 Å². The van der Waals surface area contributed by atoms with Crippen LogP contribution in [0.4, 0.5) is 25.1 Å². The van der Waals surface area contributed by atoms with E-state index in [1.54, 1.807) is 0 Å².